The van der Waals surface area contributed by atoms with Gasteiger partial charge in [0.2, 0.25) is 5.91 Å². The maximum absolute atomic E-state index is 11.1. The third-order valence-electron chi connectivity index (χ3n) is 2.31. The molecule has 1 rings (SSSR count). The van der Waals surface area contributed by atoms with Crippen LogP contribution in [-0.2, 0) is 4.79 Å². The molecule has 1 fully saturated rings. The molecule has 1 aliphatic heterocycles. The number of hydrogen-bond donors (Lipinski definition) is 1. The fraction of sp³-hybridized carbons (Fsp3) is 0.889. The maximum atomic E-state index is 11.1. The zero-order chi connectivity index (χ0) is 8.97. The predicted octanol–water partition coefficient (Wildman–Crippen LogP) is 0.607. The first kappa shape index (κ1) is 9.52. The first-order valence-corrected chi connectivity index (χ1v) is 4.75. The van der Waals surface area contributed by atoms with E-state index in [1.807, 2.05) is 0 Å². The first-order valence-electron chi connectivity index (χ1n) is 4.75. The fourth-order valence-corrected chi connectivity index (χ4v) is 1.40. The molecule has 1 amide bonds. The molecule has 1 N–H and O–H groups in total. The van der Waals surface area contributed by atoms with Crippen LogP contribution in [-0.4, -0.2) is 37.0 Å². The molecule has 0 aliphatic carbocycles. The van der Waals surface area contributed by atoms with Gasteiger partial charge in [-0.1, -0.05) is 19.8 Å². The Morgan fingerprint density at radius 1 is 1.58 bits per heavy atom. The highest BCUT2D eigenvalue weighted by molar-refractivity contribution is 5.84. The second kappa shape index (κ2) is 4.45. The van der Waals surface area contributed by atoms with Gasteiger partial charge in [0.25, 0.3) is 0 Å². The summed E-state index contributed by atoms with van der Waals surface area (Å²) in [7, 11) is 1.70. The molecule has 1 heterocycles. The molecule has 2 unspecified atom stereocenters. The van der Waals surface area contributed by atoms with E-state index in [2.05, 4.69) is 17.1 Å². The molecule has 0 saturated carbocycles. The molecular formula is C9H18N2O. The van der Waals surface area contributed by atoms with E-state index in [1.165, 1.54) is 19.3 Å². The third kappa shape index (κ3) is 2.48. The minimum Gasteiger partial charge on any atom is -0.358 e. The molecule has 12 heavy (non-hydrogen) atoms. The van der Waals surface area contributed by atoms with Gasteiger partial charge in [-0.2, -0.15) is 0 Å². The van der Waals surface area contributed by atoms with Crippen molar-refractivity contribution in [2.75, 3.05) is 20.1 Å². The molecule has 0 aromatic heterocycles. The van der Waals surface area contributed by atoms with Gasteiger partial charge in [-0.3, -0.25) is 9.69 Å². The molecule has 3 nitrogen and oxygen atoms in total. The van der Waals surface area contributed by atoms with Crippen molar-refractivity contribution in [2.45, 2.75) is 32.2 Å². The minimum absolute atomic E-state index is 0.173. The topological polar surface area (TPSA) is 32.1 Å². The Morgan fingerprint density at radius 3 is 2.92 bits per heavy atom. The Kier molecular flexibility index (Phi) is 3.53. The largest absolute Gasteiger partial charge is 0.358 e. The van der Waals surface area contributed by atoms with Gasteiger partial charge in [-0.15, -0.1) is 0 Å². The molecule has 2 atom stereocenters. The van der Waals surface area contributed by atoms with Crippen LogP contribution in [0.3, 0.4) is 0 Å². The standard InChI is InChI=1S/C9H18N2O/c1-3-4-5-6-11-7-8(11)9(12)10-2/h8H,3-7H2,1-2H3,(H,10,12). The molecule has 1 saturated heterocycles. The van der Waals surface area contributed by atoms with Crippen molar-refractivity contribution >= 4 is 5.91 Å². The quantitative estimate of drug-likeness (QED) is 0.484. The van der Waals surface area contributed by atoms with E-state index >= 15 is 0 Å². The van der Waals surface area contributed by atoms with Gasteiger partial charge in [0.15, 0.2) is 0 Å². The van der Waals surface area contributed by atoms with Gasteiger partial charge < -0.3 is 5.32 Å². The highest BCUT2D eigenvalue weighted by Crippen LogP contribution is 2.17. The van der Waals surface area contributed by atoms with Crippen molar-refractivity contribution < 1.29 is 4.79 Å². The molecule has 0 radical (unpaired) electrons. The van der Waals surface area contributed by atoms with Gasteiger partial charge in [0.05, 0.1) is 0 Å². The van der Waals surface area contributed by atoms with Crippen LogP contribution in [0, 0.1) is 0 Å². The summed E-state index contributed by atoms with van der Waals surface area (Å²) < 4.78 is 0. The summed E-state index contributed by atoms with van der Waals surface area (Å²) >= 11 is 0. The number of likely N-dealkylation sites (N-methyl/N-ethyl adjacent to an activating group) is 1. The summed E-state index contributed by atoms with van der Waals surface area (Å²) in [4.78, 5) is 13.3. The highest BCUT2D eigenvalue weighted by atomic mass is 16.2. The molecule has 0 aromatic rings. The Bertz CT molecular complexity index is 159. The average molecular weight is 170 g/mol. The normalized spacial score (nSPS) is 26.8. The summed E-state index contributed by atoms with van der Waals surface area (Å²) in [6.07, 6.45) is 3.75. The molecule has 0 spiro atoms. The Hall–Kier alpha value is -0.570. The minimum atomic E-state index is 0.173. The van der Waals surface area contributed by atoms with Crippen LogP contribution in [0.5, 0.6) is 0 Å². The lowest BCUT2D eigenvalue weighted by atomic mass is 10.2. The Balaban J connectivity index is 2.04. The number of hydrogen-bond acceptors (Lipinski definition) is 2. The van der Waals surface area contributed by atoms with Crippen LogP contribution in [0.2, 0.25) is 0 Å². The van der Waals surface area contributed by atoms with Gasteiger partial charge >= 0.3 is 0 Å². The van der Waals surface area contributed by atoms with Gasteiger partial charge in [0, 0.05) is 13.6 Å². The number of carbonyl (C=O) groups excluding carboxylic acids is 1. The SMILES string of the molecule is CCCCCN1CC1C(=O)NC. The van der Waals surface area contributed by atoms with Crippen molar-refractivity contribution in [1.82, 2.24) is 10.2 Å². The van der Waals surface area contributed by atoms with Crippen LogP contribution < -0.4 is 5.32 Å². The smallest absolute Gasteiger partial charge is 0.238 e. The van der Waals surface area contributed by atoms with E-state index in [4.69, 9.17) is 0 Å². The molecule has 0 bridgehead atoms. The number of carbonyl (C=O) groups is 1. The second-order valence-corrected chi connectivity index (χ2v) is 3.33. The molecule has 0 aromatic carbocycles. The number of nitrogens with one attached hydrogen (secondary N) is 1. The molecule has 3 heteroatoms. The Morgan fingerprint density at radius 2 is 2.33 bits per heavy atom. The summed E-state index contributed by atoms with van der Waals surface area (Å²) in [6.45, 7) is 4.24. The zero-order valence-corrected chi connectivity index (χ0v) is 7.97. The van der Waals surface area contributed by atoms with Crippen molar-refractivity contribution in [3.05, 3.63) is 0 Å². The van der Waals surface area contributed by atoms with Crippen LogP contribution in [0.15, 0.2) is 0 Å². The van der Waals surface area contributed by atoms with Gasteiger partial charge in [-0.25, -0.2) is 0 Å². The van der Waals surface area contributed by atoms with E-state index in [-0.39, 0.29) is 11.9 Å². The fourth-order valence-electron chi connectivity index (χ4n) is 1.40. The van der Waals surface area contributed by atoms with E-state index in [0.717, 1.165) is 13.1 Å². The maximum Gasteiger partial charge on any atom is 0.238 e. The van der Waals surface area contributed by atoms with Crippen LogP contribution in [0.1, 0.15) is 26.2 Å². The van der Waals surface area contributed by atoms with Gasteiger partial charge in [-0.05, 0) is 13.0 Å². The number of amides is 1. The lowest BCUT2D eigenvalue weighted by molar-refractivity contribution is -0.120. The molecule has 1 aliphatic rings. The molecule has 70 valence electrons. The van der Waals surface area contributed by atoms with Crippen molar-refractivity contribution in [1.29, 1.82) is 0 Å². The van der Waals surface area contributed by atoms with E-state index < -0.39 is 0 Å². The Labute approximate surface area is 74.1 Å². The third-order valence-corrected chi connectivity index (χ3v) is 2.31. The van der Waals surface area contributed by atoms with Crippen LogP contribution >= 0.6 is 0 Å². The first-order chi connectivity index (χ1) is 5.79. The van der Waals surface area contributed by atoms with Crippen molar-refractivity contribution in [3.63, 3.8) is 0 Å². The predicted molar refractivity (Wildman–Crippen MR) is 49.0 cm³/mol. The van der Waals surface area contributed by atoms with Gasteiger partial charge in [0.1, 0.15) is 6.04 Å². The summed E-state index contributed by atoms with van der Waals surface area (Å²) in [5.74, 6) is 0.173. The van der Waals surface area contributed by atoms with E-state index in [1.54, 1.807) is 7.05 Å². The van der Waals surface area contributed by atoms with Crippen LogP contribution in [0.25, 0.3) is 0 Å². The summed E-state index contributed by atoms with van der Waals surface area (Å²) in [5, 5.41) is 2.67. The summed E-state index contributed by atoms with van der Waals surface area (Å²) in [5.41, 5.74) is 0. The highest BCUT2D eigenvalue weighted by Gasteiger charge is 2.38. The van der Waals surface area contributed by atoms with Crippen molar-refractivity contribution in [2.24, 2.45) is 0 Å². The summed E-state index contributed by atoms with van der Waals surface area (Å²) in [6, 6.07) is 0.187. The number of unbranched alkanes of at least 4 members (excludes halogenated alkanes) is 2. The number of rotatable bonds is 5. The monoisotopic (exact) mass is 170 g/mol. The average Bonchev–Trinajstić information content (AvgIpc) is 2.83. The van der Waals surface area contributed by atoms with E-state index in [9.17, 15) is 4.79 Å². The van der Waals surface area contributed by atoms with Crippen LogP contribution in [0.4, 0.5) is 0 Å². The van der Waals surface area contributed by atoms with Crippen molar-refractivity contribution in [3.8, 4) is 0 Å². The lowest BCUT2D eigenvalue weighted by Crippen LogP contribution is -2.26. The van der Waals surface area contributed by atoms with E-state index in [0.29, 0.717) is 0 Å². The zero-order valence-electron chi connectivity index (χ0n) is 7.97. The molecular weight excluding hydrogens is 152 g/mol. The number of nitrogens with zero attached hydrogens (tertiary/aromatic N) is 1. The lowest BCUT2D eigenvalue weighted by Gasteiger charge is -2.01. The second-order valence-electron chi connectivity index (χ2n) is 3.33.